The van der Waals surface area contributed by atoms with Crippen LogP contribution in [0.3, 0.4) is 0 Å². The van der Waals surface area contributed by atoms with Gasteiger partial charge in [0.1, 0.15) is 0 Å². The normalized spacial score (nSPS) is 19.0. The molecule has 4 nitrogen and oxygen atoms in total. The summed E-state index contributed by atoms with van der Waals surface area (Å²) in [6, 6.07) is 9.69. The van der Waals surface area contributed by atoms with E-state index in [-0.39, 0.29) is 24.0 Å². The zero-order chi connectivity index (χ0) is 14.1. The minimum atomic E-state index is 0. The number of para-hydroxylation sites is 1. The van der Waals surface area contributed by atoms with Crippen molar-refractivity contribution in [3.63, 3.8) is 0 Å². The van der Waals surface area contributed by atoms with E-state index in [1.54, 1.807) is 0 Å². The van der Waals surface area contributed by atoms with Crippen molar-refractivity contribution in [3.05, 3.63) is 29.8 Å². The molecule has 1 fully saturated rings. The second-order valence-electron chi connectivity index (χ2n) is 5.96. The number of rotatable bonds is 4. The molecule has 1 saturated carbocycles. The van der Waals surface area contributed by atoms with Gasteiger partial charge in [0.25, 0.3) is 0 Å². The van der Waals surface area contributed by atoms with Crippen LogP contribution >= 0.6 is 24.0 Å². The Balaban J connectivity index is 0.00000161. The molecule has 1 atom stereocenters. The predicted octanol–water partition coefficient (Wildman–Crippen LogP) is 2.46. The van der Waals surface area contributed by atoms with Crippen LogP contribution in [0.25, 0.3) is 0 Å². The monoisotopic (exact) mass is 400 g/mol. The zero-order valence-corrected chi connectivity index (χ0v) is 15.2. The SMILES string of the molecule is CC(CN=C(N)N(C)C1CC1)N1CCc2ccccc21.I. The fourth-order valence-electron chi connectivity index (χ4n) is 2.91. The molecule has 2 aliphatic rings. The Morgan fingerprint density at radius 2 is 2.14 bits per heavy atom. The average molecular weight is 400 g/mol. The van der Waals surface area contributed by atoms with Crippen molar-refractivity contribution >= 4 is 35.6 Å². The van der Waals surface area contributed by atoms with Crippen LogP contribution in [0, 0.1) is 0 Å². The Morgan fingerprint density at radius 1 is 1.43 bits per heavy atom. The van der Waals surface area contributed by atoms with Crippen molar-refractivity contribution in [2.24, 2.45) is 10.7 Å². The molecule has 3 rings (SSSR count). The summed E-state index contributed by atoms with van der Waals surface area (Å²) in [6.45, 7) is 4.08. The number of hydrogen-bond acceptors (Lipinski definition) is 2. The summed E-state index contributed by atoms with van der Waals surface area (Å²) in [6.07, 6.45) is 3.64. The Morgan fingerprint density at radius 3 is 2.86 bits per heavy atom. The Kier molecular flexibility index (Phi) is 5.35. The van der Waals surface area contributed by atoms with Crippen LogP contribution in [0.2, 0.25) is 0 Å². The molecular formula is C16H25IN4. The van der Waals surface area contributed by atoms with E-state index in [0.717, 1.165) is 19.5 Å². The number of anilines is 1. The van der Waals surface area contributed by atoms with Gasteiger partial charge in [0.2, 0.25) is 0 Å². The number of aliphatic imine (C=N–C) groups is 1. The van der Waals surface area contributed by atoms with E-state index >= 15 is 0 Å². The maximum atomic E-state index is 6.06. The summed E-state index contributed by atoms with van der Waals surface area (Å²) in [5.74, 6) is 0.687. The summed E-state index contributed by atoms with van der Waals surface area (Å²) in [5.41, 5.74) is 8.87. The molecule has 0 bridgehead atoms. The fourth-order valence-corrected chi connectivity index (χ4v) is 2.91. The number of fused-ring (bicyclic) bond motifs is 1. The van der Waals surface area contributed by atoms with Crippen LogP contribution in [0.5, 0.6) is 0 Å². The van der Waals surface area contributed by atoms with E-state index in [4.69, 9.17) is 5.73 Å². The van der Waals surface area contributed by atoms with Gasteiger partial charge >= 0.3 is 0 Å². The number of nitrogens with zero attached hydrogens (tertiary/aromatic N) is 3. The van der Waals surface area contributed by atoms with E-state index in [9.17, 15) is 0 Å². The fraction of sp³-hybridized carbons (Fsp3) is 0.562. The summed E-state index contributed by atoms with van der Waals surface area (Å²) < 4.78 is 0. The van der Waals surface area contributed by atoms with Crippen molar-refractivity contribution in [3.8, 4) is 0 Å². The number of nitrogens with two attached hydrogens (primary N) is 1. The largest absolute Gasteiger partial charge is 0.370 e. The van der Waals surface area contributed by atoms with Gasteiger partial charge in [0.15, 0.2) is 5.96 Å². The predicted molar refractivity (Wildman–Crippen MR) is 99.6 cm³/mol. The average Bonchev–Trinajstić information content (AvgIpc) is 3.23. The minimum absolute atomic E-state index is 0. The van der Waals surface area contributed by atoms with E-state index in [1.165, 1.54) is 24.1 Å². The maximum absolute atomic E-state index is 6.06. The molecule has 1 aliphatic heterocycles. The molecule has 0 radical (unpaired) electrons. The topological polar surface area (TPSA) is 44.9 Å². The Labute approximate surface area is 144 Å². The van der Waals surface area contributed by atoms with Crippen molar-refractivity contribution in [2.45, 2.75) is 38.3 Å². The summed E-state index contributed by atoms with van der Waals surface area (Å²) in [7, 11) is 2.05. The van der Waals surface area contributed by atoms with E-state index in [0.29, 0.717) is 18.0 Å². The van der Waals surface area contributed by atoms with E-state index in [2.05, 4.69) is 46.0 Å². The van der Waals surface area contributed by atoms with Crippen LogP contribution in [-0.4, -0.2) is 43.1 Å². The number of hydrogen-bond donors (Lipinski definition) is 1. The number of guanidine groups is 1. The lowest BCUT2D eigenvalue weighted by Crippen LogP contribution is -2.38. The van der Waals surface area contributed by atoms with Crippen molar-refractivity contribution < 1.29 is 0 Å². The Hall–Kier alpha value is -0.980. The highest BCUT2D eigenvalue weighted by molar-refractivity contribution is 14.0. The third kappa shape index (κ3) is 3.62. The van der Waals surface area contributed by atoms with Crippen LogP contribution in [0.4, 0.5) is 5.69 Å². The molecule has 1 aromatic carbocycles. The van der Waals surface area contributed by atoms with Gasteiger partial charge in [-0.3, -0.25) is 4.99 Å². The maximum Gasteiger partial charge on any atom is 0.191 e. The molecule has 0 spiro atoms. The van der Waals surface area contributed by atoms with Crippen LogP contribution in [-0.2, 0) is 6.42 Å². The van der Waals surface area contributed by atoms with Crippen molar-refractivity contribution in [1.82, 2.24) is 4.90 Å². The number of halogens is 1. The molecule has 0 amide bonds. The van der Waals surface area contributed by atoms with Gasteiger partial charge in [-0.25, -0.2) is 0 Å². The smallest absolute Gasteiger partial charge is 0.191 e. The third-order valence-corrected chi connectivity index (χ3v) is 4.43. The van der Waals surface area contributed by atoms with Gasteiger partial charge in [-0.2, -0.15) is 0 Å². The van der Waals surface area contributed by atoms with Gasteiger partial charge in [0, 0.05) is 31.4 Å². The zero-order valence-electron chi connectivity index (χ0n) is 12.8. The highest BCUT2D eigenvalue weighted by atomic mass is 127. The van der Waals surface area contributed by atoms with Gasteiger partial charge < -0.3 is 15.5 Å². The molecule has 116 valence electrons. The van der Waals surface area contributed by atoms with Gasteiger partial charge in [-0.15, -0.1) is 24.0 Å². The van der Waals surface area contributed by atoms with Gasteiger partial charge in [0.05, 0.1) is 6.54 Å². The van der Waals surface area contributed by atoms with Crippen LogP contribution in [0.1, 0.15) is 25.3 Å². The second kappa shape index (κ2) is 6.85. The number of benzene rings is 1. The van der Waals surface area contributed by atoms with Crippen LogP contribution < -0.4 is 10.6 Å². The molecule has 21 heavy (non-hydrogen) atoms. The van der Waals surface area contributed by atoms with E-state index in [1.807, 2.05) is 7.05 Å². The molecule has 5 heteroatoms. The highest BCUT2D eigenvalue weighted by Gasteiger charge is 2.28. The van der Waals surface area contributed by atoms with Crippen molar-refractivity contribution in [2.75, 3.05) is 25.0 Å². The molecule has 0 aromatic heterocycles. The lowest BCUT2D eigenvalue weighted by molar-refractivity contribution is 0.485. The molecule has 1 aliphatic carbocycles. The molecule has 2 N–H and O–H groups in total. The van der Waals surface area contributed by atoms with Crippen molar-refractivity contribution in [1.29, 1.82) is 0 Å². The lowest BCUT2D eigenvalue weighted by atomic mass is 10.2. The summed E-state index contributed by atoms with van der Waals surface area (Å²) in [5, 5.41) is 0. The van der Waals surface area contributed by atoms with Gasteiger partial charge in [-0.05, 0) is 37.8 Å². The van der Waals surface area contributed by atoms with E-state index < -0.39 is 0 Å². The van der Waals surface area contributed by atoms with Crippen LogP contribution in [0.15, 0.2) is 29.3 Å². The summed E-state index contributed by atoms with van der Waals surface area (Å²) in [4.78, 5) is 9.14. The Bertz CT molecular complexity index is 513. The van der Waals surface area contributed by atoms with Gasteiger partial charge in [-0.1, -0.05) is 18.2 Å². The first-order valence-corrected chi connectivity index (χ1v) is 7.54. The molecule has 0 saturated heterocycles. The molecule has 1 aromatic rings. The standard InChI is InChI=1S/C16H24N4.HI/c1-12(11-18-16(17)19(2)14-7-8-14)20-10-9-13-5-3-4-6-15(13)20;/h3-6,12,14H,7-11H2,1-2H3,(H2,17,18);1H. The lowest BCUT2D eigenvalue weighted by Gasteiger charge is -2.26. The first-order valence-electron chi connectivity index (χ1n) is 7.54. The summed E-state index contributed by atoms with van der Waals surface area (Å²) >= 11 is 0. The third-order valence-electron chi connectivity index (χ3n) is 4.43. The quantitative estimate of drug-likeness (QED) is 0.480. The molecule has 1 heterocycles. The minimum Gasteiger partial charge on any atom is -0.370 e. The first kappa shape index (κ1) is 16.4. The molecular weight excluding hydrogens is 375 g/mol. The molecule has 1 unspecified atom stereocenters. The highest BCUT2D eigenvalue weighted by Crippen LogP contribution is 2.29. The first-order chi connectivity index (χ1) is 9.66. The second-order valence-corrected chi connectivity index (χ2v) is 5.96.